The molecule has 0 aromatic heterocycles. The van der Waals surface area contributed by atoms with Crippen molar-refractivity contribution in [1.29, 1.82) is 0 Å². The lowest BCUT2D eigenvalue weighted by molar-refractivity contribution is 0.248. The maximum absolute atomic E-state index is 3.77. The number of hydrogen-bond donors (Lipinski definition) is 1. The van der Waals surface area contributed by atoms with Crippen LogP contribution in [0.5, 0.6) is 0 Å². The van der Waals surface area contributed by atoms with Crippen LogP contribution in [0.4, 0.5) is 0 Å². The third kappa shape index (κ3) is 4.45. The molecule has 0 saturated heterocycles. The minimum atomic E-state index is 0.622. The van der Waals surface area contributed by atoms with Crippen LogP contribution in [0, 0.1) is 17.8 Å². The van der Waals surface area contributed by atoms with Gasteiger partial charge in [-0.05, 0) is 24.7 Å². The van der Waals surface area contributed by atoms with Crippen LogP contribution in [0.2, 0.25) is 0 Å². The summed E-state index contributed by atoms with van der Waals surface area (Å²) in [5.41, 5.74) is 0. The van der Waals surface area contributed by atoms with Gasteiger partial charge in [0.25, 0.3) is 0 Å². The first-order valence-corrected chi connectivity index (χ1v) is 6.16. The molecule has 0 rings (SSSR count). The third-order valence-corrected chi connectivity index (χ3v) is 3.43. The van der Waals surface area contributed by atoms with Crippen LogP contribution in [0.25, 0.3) is 0 Å². The monoisotopic (exact) mass is 199 g/mol. The molecule has 14 heavy (non-hydrogen) atoms. The fourth-order valence-electron chi connectivity index (χ4n) is 1.76. The van der Waals surface area contributed by atoms with E-state index in [-0.39, 0.29) is 0 Å². The zero-order chi connectivity index (χ0) is 11.3. The van der Waals surface area contributed by atoms with Crippen molar-refractivity contribution < 1.29 is 0 Å². The molecule has 0 bridgehead atoms. The summed E-state index contributed by atoms with van der Waals surface area (Å²) in [4.78, 5) is 0. The molecule has 0 spiro atoms. The Kier molecular flexibility index (Phi) is 6.43. The van der Waals surface area contributed by atoms with Crippen LogP contribution < -0.4 is 5.32 Å². The Bertz CT molecular complexity index is 140. The molecule has 1 heteroatoms. The van der Waals surface area contributed by atoms with E-state index in [0.29, 0.717) is 12.1 Å². The van der Waals surface area contributed by atoms with E-state index in [1.807, 2.05) is 0 Å². The fourth-order valence-corrected chi connectivity index (χ4v) is 1.76. The zero-order valence-electron chi connectivity index (χ0n) is 11.1. The lowest BCUT2D eigenvalue weighted by Crippen LogP contribution is -2.45. The van der Waals surface area contributed by atoms with Crippen LogP contribution >= 0.6 is 0 Å². The maximum Gasteiger partial charge on any atom is 0.0118 e. The molecule has 0 heterocycles. The first kappa shape index (κ1) is 14.0. The molecule has 86 valence electrons. The van der Waals surface area contributed by atoms with Crippen molar-refractivity contribution in [2.45, 2.75) is 67.0 Å². The third-order valence-electron chi connectivity index (χ3n) is 3.43. The van der Waals surface area contributed by atoms with Crippen molar-refractivity contribution in [1.82, 2.24) is 5.32 Å². The van der Waals surface area contributed by atoms with Gasteiger partial charge >= 0.3 is 0 Å². The average Bonchev–Trinajstić information content (AvgIpc) is 2.11. The second-order valence-electron chi connectivity index (χ2n) is 5.35. The van der Waals surface area contributed by atoms with Crippen LogP contribution in [0.3, 0.4) is 0 Å². The van der Waals surface area contributed by atoms with Crippen LogP contribution in [0.15, 0.2) is 0 Å². The van der Waals surface area contributed by atoms with E-state index < -0.39 is 0 Å². The van der Waals surface area contributed by atoms with E-state index >= 15 is 0 Å². The molecular formula is C13H29N. The van der Waals surface area contributed by atoms with Crippen molar-refractivity contribution in [3.8, 4) is 0 Å². The smallest absolute Gasteiger partial charge is 0.0118 e. The highest BCUT2D eigenvalue weighted by atomic mass is 15.0. The highest BCUT2D eigenvalue weighted by Gasteiger charge is 2.21. The Balaban J connectivity index is 4.23. The second-order valence-corrected chi connectivity index (χ2v) is 5.35. The predicted octanol–water partition coefficient (Wildman–Crippen LogP) is 3.69. The maximum atomic E-state index is 3.77. The van der Waals surface area contributed by atoms with E-state index in [4.69, 9.17) is 0 Å². The highest BCUT2D eigenvalue weighted by Crippen LogP contribution is 2.17. The topological polar surface area (TPSA) is 12.0 Å². The van der Waals surface area contributed by atoms with Crippen LogP contribution in [0.1, 0.15) is 54.9 Å². The molecule has 0 aromatic rings. The molecule has 1 N–H and O–H groups in total. The molecule has 0 radical (unpaired) electrons. The Hall–Kier alpha value is -0.0400. The first-order chi connectivity index (χ1) is 6.40. The summed E-state index contributed by atoms with van der Waals surface area (Å²) in [6, 6.07) is 1.29. The average molecular weight is 199 g/mol. The van der Waals surface area contributed by atoms with Gasteiger partial charge in [0.1, 0.15) is 0 Å². The lowest BCUT2D eigenvalue weighted by atomic mass is 9.88. The van der Waals surface area contributed by atoms with Crippen LogP contribution in [-0.4, -0.2) is 12.1 Å². The second kappa shape index (κ2) is 6.44. The van der Waals surface area contributed by atoms with E-state index in [1.54, 1.807) is 0 Å². The van der Waals surface area contributed by atoms with Crippen LogP contribution in [-0.2, 0) is 0 Å². The molecule has 0 aromatic carbocycles. The van der Waals surface area contributed by atoms with Gasteiger partial charge in [0, 0.05) is 12.1 Å². The molecule has 1 nitrogen and oxygen atoms in total. The highest BCUT2D eigenvalue weighted by molar-refractivity contribution is 4.79. The van der Waals surface area contributed by atoms with Crippen molar-refractivity contribution in [3.05, 3.63) is 0 Å². The predicted molar refractivity (Wildman–Crippen MR) is 65.5 cm³/mol. The summed E-state index contributed by atoms with van der Waals surface area (Å²) in [7, 11) is 0. The molecule has 0 amide bonds. The summed E-state index contributed by atoms with van der Waals surface area (Å²) in [6.07, 6.45) is 1.26. The molecule has 0 fully saturated rings. The summed E-state index contributed by atoms with van der Waals surface area (Å²) in [5.74, 6) is 2.22. The van der Waals surface area contributed by atoms with Gasteiger partial charge in [-0.1, -0.05) is 48.0 Å². The van der Waals surface area contributed by atoms with E-state index in [9.17, 15) is 0 Å². The molecule has 0 aliphatic rings. The molecule has 0 saturated carbocycles. The van der Waals surface area contributed by atoms with Crippen molar-refractivity contribution in [2.75, 3.05) is 0 Å². The normalized spacial score (nSPS) is 18.6. The molecular weight excluding hydrogens is 170 g/mol. The van der Waals surface area contributed by atoms with Gasteiger partial charge < -0.3 is 5.32 Å². The minimum Gasteiger partial charge on any atom is -0.311 e. The Morgan fingerprint density at radius 3 is 1.64 bits per heavy atom. The Labute approximate surface area is 90.7 Å². The van der Waals surface area contributed by atoms with Gasteiger partial charge in [-0.3, -0.25) is 0 Å². The number of rotatable bonds is 6. The quantitative estimate of drug-likeness (QED) is 0.688. The van der Waals surface area contributed by atoms with Crippen molar-refractivity contribution in [2.24, 2.45) is 17.8 Å². The molecule has 0 aliphatic carbocycles. The van der Waals surface area contributed by atoms with Gasteiger partial charge in [-0.2, -0.15) is 0 Å². The summed E-state index contributed by atoms with van der Waals surface area (Å²) in [6.45, 7) is 16.1. The Morgan fingerprint density at radius 2 is 1.36 bits per heavy atom. The van der Waals surface area contributed by atoms with E-state index in [0.717, 1.165) is 17.8 Å². The summed E-state index contributed by atoms with van der Waals surface area (Å²) in [5, 5.41) is 3.77. The van der Waals surface area contributed by atoms with Gasteiger partial charge in [0.05, 0.1) is 0 Å². The number of nitrogens with one attached hydrogen (secondary N) is 1. The van der Waals surface area contributed by atoms with Gasteiger partial charge in [-0.15, -0.1) is 0 Å². The SMILES string of the molecule is CCC(C)C(NC(C)C(C)C)C(C)C. The summed E-state index contributed by atoms with van der Waals surface area (Å²) < 4.78 is 0. The molecule has 3 atom stereocenters. The van der Waals surface area contributed by atoms with Crippen molar-refractivity contribution in [3.63, 3.8) is 0 Å². The fraction of sp³-hybridized carbons (Fsp3) is 1.00. The number of hydrogen-bond acceptors (Lipinski definition) is 1. The van der Waals surface area contributed by atoms with Gasteiger partial charge in [0.15, 0.2) is 0 Å². The first-order valence-electron chi connectivity index (χ1n) is 6.16. The summed E-state index contributed by atoms with van der Waals surface area (Å²) >= 11 is 0. The zero-order valence-corrected chi connectivity index (χ0v) is 11.1. The van der Waals surface area contributed by atoms with E-state index in [2.05, 4.69) is 53.8 Å². The van der Waals surface area contributed by atoms with Crippen molar-refractivity contribution >= 4 is 0 Å². The van der Waals surface area contributed by atoms with Gasteiger partial charge in [-0.25, -0.2) is 0 Å². The standard InChI is InChI=1S/C13H29N/c1-8-11(6)13(10(4)5)14-12(7)9(2)3/h9-14H,8H2,1-7H3. The Morgan fingerprint density at radius 1 is 0.857 bits per heavy atom. The lowest BCUT2D eigenvalue weighted by Gasteiger charge is -2.32. The largest absolute Gasteiger partial charge is 0.311 e. The van der Waals surface area contributed by atoms with E-state index in [1.165, 1.54) is 6.42 Å². The van der Waals surface area contributed by atoms with Gasteiger partial charge in [0.2, 0.25) is 0 Å². The molecule has 0 aliphatic heterocycles. The minimum absolute atomic E-state index is 0.622. The molecule has 3 unspecified atom stereocenters.